The predicted molar refractivity (Wildman–Crippen MR) is 53.4 cm³/mol. The van der Waals surface area contributed by atoms with Crippen molar-refractivity contribution in [2.24, 2.45) is 0 Å². The highest BCUT2D eigenvalue weighted by molar-refractivity contribution is 6.32. The minimum absolute atomic E-state index is 0.237. The molecule has 0 aromatic carbocycles. The number of pyridine rings is 1. The maximum atomic E-state index is 10.7. The normalized spacial score (nSPS) is 10.2. The van der Waals surface area contributed by atoms with Gasteiger partial charge in [0, 0.05) is 17.9 Å². The van der Waals surface area contributed by atoms with Crippen LogP contribution in [0.15, 0.2) is 12.3 Å². The van der Waals surface area contributed by atoms with Crippen LogP contribution in [0.5, 0.6) is 0 Å². The summed E-state index contributed by atoms with van der Waals surface area (Å²) in [6.07, 6.45) is 2.28. The summed E-state index contributed by atoms with van der Waals surface area (Å²) < 4.78 is 0. The van der Waals surface area contributed by atoms with Crippen molar-refractivity contribution in [1.29, 1.82) is 0 Å². The summed E-state index contributed by atoms with van der Waals surface area (Å²) >= 11 is 5.73. The lowest BCUT2D eigenvalue weighted by molar-refractivity contribution is 0.112. The van der Waals surface area contributed by atoms with E-state index < -0.39 is 0 Å². The first-order valence-corrected chi connectivity index (χ1v) is 4.39. The molecule has 1 aromatic heterocycles. The van der Waals surface area contributed by atoms with E-state index >= 15 is 0 Å². The van der Waals surface area contributed by atoms with Crippen molar-refractivity contribution >= 4 is 23.6 Å². The van der Waals surface area contributed by atoms with Crippen LogP contribution in [-0.2, 0) is 0 Å². The van der Waals surface area contributed by atoms with Crippen molar-refractivity contribution in [3.8, 4) is 0 Å². The number of nitrogens with one attached hydrogen (secondary N) is 1. The van der Waals surface area contributed by atoms with Crippen LogP contribution < -0.4 is 5.32 Å². The van der Waals surface area contributed by atoms with Crippen molar-refractivity contribution in [3.05, 3.63) is 23.0 Å². The van der Waals surface area contributed by atoms with Gasteiger partial charge in [0.15, 0.2) is 6.29 Å². The van der Waals surface area contributed by atoms with Gasteiger partial charge in [-0.2, -0.15) is 0 Å². The Balaban J connectivity index is 3.05. The Morgan fingerprint density at radius 2 is 2.31 bits per heavy atom. The van der Waals surface area contributed by atoms with Gasteiger partial charge in [-0.05, 0) is 19.9 Å². The monoisotopic (exact) mass is 198 g/mol. The van der Waals surface area contributed by atoms with Crippen molar-refractivity contribution in [3.63, 3.8) is 0 Å². The molecule has 0 aliphatic heterocycles. The maximum Gasteiger partial charge on any atom is 0.155 e. The van der Waals surface area contributed by atoms with Gasteiger partial charge in [0.2, 0.25) is 0 Å². The standard InChI is InChI=1S/C9H11ClN2O/c1-6(2)12-8-3-4-11-9(10)7(8)5-13/h3-6H,1-2H3,(H,11,12). The number of aromatic nitrogens is 1. The van der Waals surface area contributed by atoms with Gasteiger partial charge < -0.3 is 5.32 Å². The number of carbonyl (C=O) groups excluding carboxylic acids is 1. The van der Waals surface area contributed by atoms with Gasteiger partial charge in [-0.1, -0.05) is 11.6 Å². The zero-order chi connectivity index (χ0) is 9.84. The second-order valence-corrected chi connectivity index (χ2v) is 3.34. The molecule has 1 rings (SSSR count). The van der Waals surface area contributed by atoms with E-state index in [1.807, 2.05) is 13.8 Å². The first-order valence-electron chi connectivity index (χ1n) is 4.01. The van der Waals surface area contributed by atoms with Crippen LogP contribution in [-0.4, -0.2) is 17.3 Å². The third-order valence-corrected chi connectivity index (χ3v) is 1.80. The highest BCUT2D eigenvalue weighted by Gasteiger charge is 2.07. The smallest absolute Gasteiger partial charge is 0.155 e. The molecule has 4 heteroatoms. The lowest BCUT2D eigenvalue weighted by atomic mass is 10.2. The number of anilines is 1. The topological polar surface area (TPSA) is 42.0 Å². The van der Waals surface area contributed by atoms with E-state index in [1.54, 1.807) is 12.3 Å². The van der Waals surface area contributed by atoms with Crippen molar-refractivity contribution in [2.75, 3.05) is 5.32 Å². The van der Waals surface area contributed by atoms with E-state index in [9.17, 15) is 4.79 Å². The Morgan fingerprint density at radius 1 is 1.62 bits per heavy atom. The number of nitrogens with zero attached hydrogens (tertiary/aromatic N) is 1. The molecular weight excluding hydrogens is 188 g/mol. The second-order valence-electron chi connectivity index (χ2n) is 2.98. The van der Waals surface area contributed by atoms with Gasteiger partial charge in [-0.3, -0.25) is 4.79 Å². The Hall–Kier alpha value is -1.09. The molecule has 1 heterocycles. The van der Waals surface area contributed by atoms with Gasteiger partial charge in [0.05, 0.1) is 5.56 Å². The molecule has 0 saturated heterocycles. The molecule has 0 aliphatic carbocycles. The molecule has 3 nitrogen and oxygen atoms in total. The second kappa shape index (κ2) is 4.23. The Bertz CT molecular complexity index is 312. The predicted octanol–water partition coefficient (Wildman–Crippen LogP) is 2.37. The third-order valence-electron chi connectivity index (χ3n) is 1.50. The van der Waals surface area contributed by atoms with E-state index in [1.165, 1.54) is 0 Å². The summed E-state index contributed by atoms with van der Waals surface area (Å²) in [5, 5.41) is 3.35. The summed E-state index contributed by atoms with van der Waals surface area (Å²) in [5.41, 5.74) is 1.14. The lowest BCUT2D eigenvalue weighted by Crippen LogP contribution is -2.11. The first-order chi connectivity index (χ1) is 6.15. The molecule has 0 spiro atoms. The summed E-state index contributed by atoms with van der Waals surface area (Å²) in [6.45, 7) is 3.98. The molecular formula is C9H11ClN2O. The van der Waals surface area contributed by atoms with Gasteiger partial charge in [-0.25, -0.2) is 4.98 Å². The summed E-state index contributed by atoms with van der Waals surface area (Å²) in [6, 6.07) is 1.99. The average Bonchev–Trinajstić information content (AvgIpc) is 2.03. The minimum Gasteiger partial charge on any atom is -0.382 e. The fraction of sp³-hybridized carbons (Fsp3) is 0.333. The number of rotatable bonds is 3. The molecule has 0 radical (unpaired) electrons. The van der Waals surface area contributed by atoms with Crippen LogP contribution in [0.2, 0.25) is 5.15 Å². The van der Waals surface area contributed by atoms with Crippen molar-refractivity contribution in [2.45, 2.75) is 19.9 Å². The van der Waals surface area contributed by atoms with Gasteiger partial charge >= 0.3 is 0 Å². The number of hydrogen-bond donors (Lipinski definition) is 1. The maximum absolute atomic E-state index is 10.7. The fourth-order valence-electron chi connectivity index (χ4n) is 0.997. The molecule has 0 amide bonds. The van der Waals surface area contributed by atoms with Crippen molar-refractivity contribution < 1.29 is 4.79 Å². The van der Waals surface area contributed by atoms with Crippen LogP contribution in [0.1, 0.15) is 24.2 Å². The largest absolute Gasteiger partial charge is 0.382 e. The zero-order valence-electron chi connectivity index (χ0n) is 7.54. The number of halogens is 1. The SMILES string of the molecule is CC(C)Nc1ccnc(Cl)c1C=O. The summed E-state index contributed by atoms with van der Waals surface area (Å²) in [4.78, 5) is 14.5. The van der Waals surface area contributed by atoms with Crippen LogP contribution in [0.4, 0.5) is 5.69 Å². The zero-order valence-corrected chi connectivity index (χ0v) is 8.30. The summed E-state index contributed by atoms with van der Waals surface area (Å²) in [7, 11) is 0. The number of carbonyl (C=O) groups is 1. The highest BCUT2D eigenvalue weighted by Crippen LogP contribution is 2.20. The Labute approximate surface area is 82.1 Å². The van der Waals surface area contributed by atoms with Crippen LogP contribution in [0.3, 0.4) is 0 Å². The Morgan fingerprint density at radius 3 is 2.85 bits per heavy atom. The molecule has 13 heavy (non-hydrogen) atoms. The van der Waals surface area contributed by atoms with Gasteiger partial charge in [-0.15, -0.1) is 0 Å². The highest BCUT2D eigenvalue weighted by atomic mass is 35.5. The van der Waals surface area contributed by atoms with Crippen LogP contribution >= 0.6 is 11.6 Å². The van der Waals surface area contributed by atoms with Gasteiger partial charge in [0.1, 0.15) is 5.15 Å². The van der Waals surface area contributed by atoms with E-state index in [0.29, 0.717) is 11.8 Å². The Kier molecular flexibility index (Phi) is 3.25. The van der Waals surface area contributed by atoms with E-state index in [4.69, 9.17) is 11.6 Å². The quantitative estimate of drug-likeness (QED) is 0.599. The van der Waals surface area contributed by atoms with Gasteiger partial charge in [0.25, 0.3) is 0 Å². The molecule has 0 fully saturated rings. The minimum atomic E-state index is 0.237. The van der Waals surface area contributed by atoms with Crippen LogP contribution in [0.25, 0.3) is 0 Å². The van der Waals surface area contributed by atoms with E-state index in [0.717, 1.165) is 5.69 Å². The lowest BCUT2D eigenvalue weighted by Gasteiger charge is -2.11. The molecule has 0 atom stereocenters. The number of hydrogen-bond acceptors (Lipinski definition) is 3. The van der Waals surface area contributed by atoms with E-state index in [-0.39, 0.29) is 11.2 Å². The molecule has 1 aromatic rings. The third kappa shape index (κ3) is 2.42. The van der Waals surface area contributed by atoms with E-state index in [2.05, 4.69) is 10.3 Å². The summed E-state index contributed by atoms with van der Waals surface area (Å²) in [5.74, 6) is 0. The first kappa shape index (κ1) is 9.99. The number of aldehydes is 1. The molecule has 0 saturated carbocycles. The molecule has 0 bridgehead atoms. The molecule has 1 N–H and O–H groups in total. The fourth-order valence-corrected chi connectivity index (χ4v) is 1.20. The van der Waals surface area contributed by atoms with Crippen LogP contribution in [0, 0.1) is 0 Å². The average molecular weight is 199 g/mol. The van der Waals surface area contributed by atoms with Crippen molar-refractivity contribution in [1.82, 2.24) is 4.98 Å². The molecule has 0 unspecified atom stereocenters. The molecule has 70 valence electrons. The molecule has 0 aliphatic rings.